The zero-order chi connectivity index (χ0) is 10.6. The van der Waals surface area contributed by atoms with Crippen LogP contribution in [-0.2, 0) is 11.3 Å². The molecule has 1 aromatic heterocycles. The van der Waals surface area contributed by atoms with Gasteiger partial charge in [0, 0.05) is 18.2 Å². The first kappa shape index (κ1) is 10.7. The highest BCUT2D eigenvalue weighted by atomic mass is 16.5. The van der Waals surface area contributed by atoms with Crippen molar-refractivity contribution in [1.29, 1.82) is 0 Å². The minimum absolute atomic E-state index is 0.0306. The summed E-state index contributed by atoms with van der Waals surface area (Å²) in [7, 11) is 0. The van der Waals surface area contributed by atoms with Crippen molar-refractivity contribution in [2.45, 2.75) is 26.4 Å². The van der Waals surface area contributed by atoms with Crippen LogP contribution in [0.3, 0.4) is 0 Å². The number of rotatable bonds is 5. The fraction of sp³-hybridized carbons (Fsp3) is 0.556. The van der Waals surface area contributed by atoms with Gasteiger partial charge in [-0.05, 0) is 13.8 Å². The van der Waals surface area contributed by atoms with E-state index in [1.165, 1.54) is 6.26 Å². The van der Waals surface area contributed by atoms with E-state index in [9.17, 15) is 4.79 Å². The van der Waals surface area contributed by atoms with E-state index in [0.717, 1.165) is 5.56 Å². The molecular weight excluding hydrogens is 184 g/mol. The monoisotopic (exact) mass is 198 g/mol. The maximum absolute atomic E-state index is 10.6. The number of carbonyl (C=O) groups is 1. The van der Waals surface area contributed by atoms with E-state index < -0.39 is 5.97 Å². The summed E-state index contributed by atoms with van der Waals surface area (Å²) in [5.41, 5.74) is 0.889. The molecule has 0 radical (unpaired) electrons. The van der Waals surface area contributed by atoms with E-state index >= 15 is 0 Å². The molecule has 0 atom stereocenters. The summed E-state index contributed by atoms with van der Waals surface area (Å²) in [6.07, 6.45) is 3.12. The highest BCUT2D eigenvalue weighted by Crippen LogP contribution is 2.06. The summed E-state index contributed by atoms with van der Waals surface area (Å²) in [6.45, 7) is 4.49. The molecule has 0 aliphatic heterocycles. The van der Waals surface area contributed by atoms with E-state index in [4.69, 9.17) is 5.11 Å². The SMILES string of the molecule is CC(C)N(CC(=O)O)Cc1cnoc1. The van der Waals surface area contributed by atoms with Crippen LogP contribution in [0.2, 0.25) is 0 Å². The standard InChI is InChI=1S/C9H14N2O3/c1-7(2)11(5-9(12)13)4-8-3-10-14-6-8/h3,6-7H,4-5H2,1-2H3,(H,12,13). The largest absolute Gasteiger partial charge is 0.480 e. The van der Waals surface area contributed by atoms with Crippen molar-refractivity contribution in [1.82, 2.24) is 10.1 Å². The maximum atomic E-state index is 10.6. The van der Waals surface area contributed by atoms with Crippen molar-refractivity contribution in [3.63, 3.8) is 0 Å². The fourth-order valence-corrected chi connectivity index (χ4v) is 1.13. The molecule has 0 aliphatic rings. The first-order valence-corrected chi connectivity index (χ1v) is 4.43. The lowest BCUT2D eigenvalue weighted by Gasteiger charge is -2.23. The van der Waals surface area contributed by atoms with Crippen LogP contribution in [0.1, 0.15) is 19.4 Å². The Morgan fingerprint density at radius 3 is 2.86 bits per heavy atom. The Labute approximate surface area is 82.3 Å². The van der Waals surface area contributed by atoms with E-state index in [0.29, 0.717) is 6.54 Å². The number of nitrogens with zero attached hydrogens (tertiary/aromatic N) is 2. The van der Waals surface area contributed by atoms with Gasteiger partial charge in [0.05, 0.1) is 12.7 Å². The van der Waals surface area contributed by atoms with Crippen LogP contribution in [0.4, 0.5) is 0 Å². The van der Waals surface area contributed by atoms with Gasteiger partial charge in [-0.2, -0.15) is 0 Å². The van der Waals surface area contributed by atoms with Gasteiger partial charge >= 0.3 is 5.97 Å². The van der Waals surface area contributed by atoms with Gasteiger partial charge < -0.3 is 9.63 Å². The van der Waals surface area contributed by atoms with Crippen molar-refractivity contribution in [3.8, 4) is 0 Å². The van der Waals surface area contributed by atoms with Crippen molar-refractivity contribution in [2.24, 2.45) is 0 Å². The molecule has 14 heavy (non-hydrogen) atoms. The first-order chi connectivity index (χ1) is 6.59. The number of hydrogen-bond acceptors (Lipinski definition) is 4. The molecule has 78 valence electrons. The molecule has 0 aliphatic carbocycles. The Balaban J connectivity index is 2.56. The highest BCUT2D eigenvalue weighted by Gasteiger charge is 2.14. The summed E-state index contributed by atoms with van der Waals surface area (Å²) in [6, 6.07) is 0.181. The third-order valence-corrected chi connectivity index (χ3v) is 1.94. The Bertz CT molecular complexity index is 282. The average Bonchev–Trinajstić information content (AvgIpc) is 2.54. The fourth-order valence-electron chi connectivity index (χ4n) is 1.13. The Morgan fingerprint density at radius 1 is 1.71 bits per heavy atom. The quantitative estimate of drug-likeness (QED) is 0.763. The maximum Gasteiger partial charge on any atom is 0.317 e. The molecule has 0 spiro atoms. The van der Waals surface area contributed by atoms with E-state index in [1.54, 1.807) is 6.20 Å². The topological polar surface area (TPSA) is 66.6 Å². The number of carboxylic acids is 1. The third-order valence-electron chi connectivity index (χ3n) is 1.94. The second kappa shape index (κ2) is 4.76. The Morgan fingerprint density at radius 2 is 2.43 bits per heavy atom. The van der Waals surface area contributed by atoms with Gasteiger partial charge in [-0.1, -0.05) is 5.16 Å². The molecule has 1 rings (SSSR count). The average molecular weight is 198 g/mol. The van der Waals surface area contributed by atoms with Gasteiger partial charge in [0.15, 0.2) is 0 Å². The lowest BCUT2D eigenvalue weighted by atomic mass is 10.2. The van der Waals surface area contributed by atoms with Gasteiger partial charge in [-0.3, -0.25) is 9.69 Å². The Hall–Kier alpha value is -1.36. The van der Waals surface area contributed by atoms with Crippen molar-refractivity contribution in [3.05, 3.63) is 18.0 Å². The van der Waals surface area contributed by atoms with E-state index in [2.05, 4.69) is 9.68 Å². The molecule has 0 aromatic carbocycles. The zero-order valence-electron chi connectivity index (χ0n) is 8.30. The number of aromatic nitrogens is 1. The van der Waals surface area contributed by atoms with E-state index in [1.807, 2.05) is 18.7 Å². The zero-order valence-corrected chi connectivity index (χ0v) is 8.30. The van der Waals surface area contributed by atoms with Crippen LogP contribution in [0.15, 0.2) is 17.0 Å². The van der Waals surface area contributed by atoms with Gasteiger partial charge in [0.25, 0.3) is 0 Å². The number of aliphatic carboxylic acids is 1. The number of hydrogen-bond donors (Lipinski definition) is 1. The minimum Gasteiger partial charge on any atom is -0.480 e. The summed E-state index contributed by atoms with van der Waals surface area (Å²) >= 11 is 0. The molecule has 1 aromatic rings. The normalized spacial score (nSPS) is 11.1. The summed E-state index contributed by atoms with van der Waals surface area (Å²) in [5, 5.41) is 12.2. The smallest absolute Gasteiger partial charge is 0.317 e. The number of carboxylic acid groups (broad SMARTS) is 1. The molecule has 5 heteroatoms. The molecule has 0 saturated heterocycles. The van der Waals surface area contributed by atoms with Gasteiger partial charge in [0.2, 0.25) is 0 Å². The van der Waals surface area contributed by atoms with Crippen molar-refractivity contribution < 1.29 is 14.4 Å². The molecule has 0 bridgehead atoms. The summed E-state index contributed by atoms with van der Waals surface area (Å²) < 4.78 is 4.68. The highest BCUT2D eigenvalue weighted by molar-refractivity contribution is 5.69. The molecule has 1 heterocycles. The van der Waals surface area contributed by atoms with E-state index in [-0.39, 0.29) is 12.6 Å². The predicted molar refractivity (Wildman–Crippen MR) is 49.7 cm³/mol. The molecular formula is C9H14N2O3. The molecule has 1 N–H and O–H groups in total. The van der Waals surface area contributed by atoms with Crippen LogP contribution < -0.4 is 0 Å². The van der Waals surface area contributed by atoms with Gasteiger partial charge in [0.1, 0.15) is 6.26 Å². The van der Waals surface area contributed by atoms with Gasteiger partial charge in [-0.15, -0.1) is 0 Å². The molecule has 0 saturated carbocycles. The molecule has 5 nitrogen and oxygen atoms in total. The van der Waals surface area contributed by atoms with Crippen LogP contribution in [0.25, 0.3) is 0 Å². The van der Waals surface area contributed by atoms with Crippen molar-refractivity contribution in [2.75, 3.05) is 6.54 Å². The molecule has 0 unspecified atom stereocenters. The van der Waals surface area contributed by atoms with Crippen LogP contribution in [0, 0.1) is 0 Å². The van der Waals surface area contributed by atoms with Gasteiger partial charge in [-0.25, -0.2) is 0 Å². The second-order valence-corrected chi connectivity index (χ2v) is 3.43. The van der Waals surface area contributed by atoms with Crippen LogP contribution in [0.5, 0.6) is 0 Å². The summed E-state index contributed by atoms with van der Waals surface area (Å²) in [4.78, 5) is 12.4. The Kier molecular flexibility index (Phi) is 3.64. The van der Waals surface area contributed by atoms with Crippen LogP contribution in [-0.4, -0.2) is 33.7 Å². The first-order valence-electron chi connectivity index (χ1n) is 4.43. The lowest BCUT2D eigenvalue weighted by molar-refractivity contribution is -0.138. The van der Waals surface area contributed by atoms with Crippen LogP contribution >= 0.6 is 0 Å². The third kappa shape index (κ3) is 3.18. The summed E-state index contributed by atoms with van der Waals surface area (Å²) in [5.74, 6) is -0.824. The lowest BCUT2D eigenvalue weighted by Crippen LogP contribution is -2.34. The second-order valence-electron chi connectivity index (χ2n) is 3.43. The molecule has 0 amide bonds. The van der Waals surface area contributed by atoms with Crippen molar-refractivity contribution >= 4 is 5.97 Å². The minimum atomic E-state index is -0.824. The molecule has 0 fully saturated rings. The predicted octanol–water partition coefficient (Wildman–Crippen LogP) is 0.970.